The molecule has 0 aromatic heterocycles. The fourth-order valence-corrected chi connectivity index (χ4v) is 1.70. The number of nitrogens with zero attached hydrogens (tertiary/aromatic N) is 1. The Morgan fingerprint density at radius 2 is 2.06 bits per heavy atom. The Morgan fingerprint density at radius 1 is 1.33 bits per heavy atom. The zero-order chi connectivity index (χ0) is 13.4. The standard InChI is InChI=1S/C14H24N2O2/c1-12(11-17-3)16(2)9-6-10-18-14-8-5-4-7-13(14)15/h4-5,7-8,12H,6,9-11,15H2,1-3H3. The maximum absolute atomic E-state index is 5.80. The maximum Gasteiger partial charge on any atom is 0.142 e. The minimum atomic E-state index is 0.428. The van der Waals surface area contributed by atoms with Crippen molar-refractivity contribution in [2.24, 2.45) is 0 Å². The molecule has 1 atom stereocenters. The van der Waals surface area contributed by atoms with Crippen LogP contribution in [0.2, 0.25) is 0 Å². The van der Waals surface area contributed by atoms with E-state index in [1.807, 2.05) is 24.3 Å². The van der Waals surface area contributed by atoms with Crippen LogP contribution >= 0.6 is 0 Å². The predicted molar refractivity (Wildman–Crippen MR) is 74.9 cm³/mol. The van der Waals surface area contributed by atoms with Crippen LogP contribution in [0.1, 0.15) is 13.3 Å². The second kappa shape index (κ2) is 7.95. The molecule has 4 nitrogen and oxygen atoms in total. The number of para-hydroxylation sites is 2. The van der Waals surface area contributed by atoms with Crippen LogP contribution in [0, 0.1) is 0 Å². The summed E-state index contributed by atoms with van der Waals surface area (Å²) in [5.41, 5.74) is 6.49. The summed E-state index contributed by atoms with van der Waals surface area (Å²) in [7, 11) is 3.83. The molecule has 0 saturated heterocycles. The van der Waals surface area contributed by atoms with Crippen molar-refractivity contribution in [2.75, 3.05) is 39.6 Å². The van der Waals surface area contributed by atoms with Crippen molar-refractivity contribution in [2.45, 2.75) is 19.4 Å². The summed E-state index contributed by atoms with van der Waals surface area (Å²) in [4.78, 5) is 2.27. The van der Waals surface area contributed by atoms with Crippen LogP contribution < -0.4 is 10.5 Å². The smallest absolute Gasteiger partial charge is 0.142 e. The van der Waals surface area contributed by atoms with Crippen molar-refractivity contribution in [1.29, 1.82) is 0 Å². The molecule has 0 spiro atoms. The number of hydrogen-bond acceptors (Lipinski definition) is 4. The van der Waals surface area contributed by atoms with E-state index in [1.165, 1.54) is 0 Å². The normalized spacial score (nSPS) is 12.7. The average molecular weight is 252 g/mol. The van der Waals surface area contributed by atoms with Gasteiger partial charge in [0.2, 0.25) is 0 Å². The molecule has 0 aliphatic rings. The van der Waals surface area contributed by atoms with E-state index in [1.54, 1.807) is 7.11 Å². The molecule has 0 aliphatic carbocycles. The number of nitrogen functional groups attached to an aromatic ring is 1. The van der Waals surface area contributed by atoms with Crippen molar-refractivity contribution in [3.8, 4) is 5.75 Å². The first-order chi connectivity index (χ1) is 8.65. The Bertz CT molecular complexity index is 344. The van der Waals surface area contributed by atoms with E-state index in [0.717, 1.165) is 25.3 Å². The number of nitrogens with two attached hydrogens (primary N) is 1. The second-order valence-corrected chi connectivity index (χ2v) is 4.52. The van der Waals surface area contributed by atoms with Gasteiger partial charge in [-0.05, 0) is 32.5 Å². The first-order valence-corrected chi connectivity index (χ1v) is 6.31. The number of hydrogen-bond donors (Lipinski definition) is 1. The van der Waals surface area contributed by atoms with Gasteiger partial charge < -0.3 is 20.1 Å². The zero-order valence-electron chi connectivity index (χ0n) is 11.6. The lowest BCUT2D eigenvalue weighted by molar-refractivity contribution is 0.112. The maximum atomic E-state index is 5.80. The minimum absolute atomic E-state index is 0.428. The van der Waals surface area contributed by atoms with Gasteiger partial charge in [-0.3, -0.25) is 0 Å². The van der Waals surface area contributed by atoms with Gasteiger partial charge in [-0.25, -0.2) is 0 Å². The van der Waals surface area contributed by atoms with Crippen LogP contribution in [0.3, 0.4) is 0 Å². The van der Waals surface area contributed by atoms with Gasteiger partial charge >= 0.3 is 0 Å². The Labute approximate surface area is 110 Å². The quantitative estimate of drug-likeness (QED) is 0.568. The van der Waals surface area contributed by atoms with Gasteiger partial charge in [0.25, 0.3) is 0 Å². The lowest BCUT2D eigenvalue weighted by Gasteiger charge is -2.23. The summed E-state index contributed by atoms with van der Waals surface area (Å²) in [5.74, 6) is 0.769. The van der Waals surface area contributed by atoms with Crippen molar-refractivity contribution < 1.29 is 9.47 Å². The molecule has 0 bridgehead atoms. The molecule has 0 aliphatic heterocycles. The summed E-state index contributed by atoms with van der Waals surface area (Å²) in [5, 5.41) is 0. The lowest BCUT2D eigenvalue weighted by Crippen LogP contribution is -2.34. The van der Waals surface area contributed by atoms with Crippen LogP contribution in [0.15, 0.2) is 24.3 Å². The molecule has 1 rings (SSSR count). The third-order valence-corrected chi connectivity index (χ3v) is 2.99. The van der Waals surface area contributed by atoms with Crippen LogP contribution in [-0.4, -0.2) is 44.9 Å². The van der Waals surface area contributed by atoms with E-state index in [2.05, 4.69) is 18.9 Å². The summed E-state index contributed by atoms with van der Waals surface area (Å²) in [6.07, 6.45) is 0.971. The van der Waals surface area contributed by atoms with E-state index >= 15 is 0 Å². The first kappa shape index (κ1) is 14.8. The summed E-state index contributed by atoms with van der Waals surface area (Å²) >= 11 is 0. The van der Waals surface area contributed by atoms with E-state index in [0.29, 0.717) is 18.3 Å². The number of anilines is 1. The monoisotopic (exact) mass is 252 g/mol. The number of rotatable bonds is 8. The number of methoxy groups -OCH3 is 1. The van der Waals surface area contributed by atoms with Crippen LogP contribution in [0.5, 0.6) is 5.75 Å². The Hall–Kier alpha value is -1.26. The van der Waals surface area contributed by atoms with Crippen LogP contribution in [0.25, 0.3) is 0 Å². The summed E-state index contributed by atoms with van der Waals surface area (Å²) in [6.45, 7) is 4.57. The van der Waals surface area contributed by atoms with Gasteiger partial charge in [-0.15, -0.1) is 0 Å². The van der Waals surface area contributed by atoms with Crippen molar-refractivity contribution in [3.63, 3.8) is 0 Å². The van der Waals surface area contributed by atoms with Gasteiger partial charge in [0.15, 0.2) is 0 Å². The zero-order valence-corrected chi connectivity index (χ0v) is 11.6. The van der Waals surface area contributed by atoms with Gasteiger partial charge in [-0.1, -0.05) is 12.1 Å². The molecule has 1 unspecified atom stereocenters. The summed E-state index contributed by atoms with van der Waals surface area (Å²) in [6, 6.07) is 8.01. The third kappa shape index (κ3) is 4.94. The molecular weight excluding hydrogens is 228 g/mol. The highest BCUT2D eigenvalue weighted by molar-refractivity contribution is 5.51. The topological polar surface area (TPSA) is 47.7 Å². The van der Waals surface area contributed by atoms with E-state index in [9.17, 15) is 0 Å². The molecule has 1 aromatic rings. The Kier molecular flexibility index (Phi) is 6.54. The largest absolute Gasteiger partial charge is 0.491 e. The molecule has 0 saturated carbocycles. The second-order valence-electron chi connectivity index (χ2n) is 4.52. The SMILES string of the molecule is COCC(C)N(C)CCCOc1ccccc1N. The predicted octanol–water partition coefficient (Wildman–Crippen LogP) is 2.00. The third-order valence-electron chi connectivity index (χ3n) is 2.99. The van der Waals surface area contributed by atoms with Crippen molar-refractivity contribution in [3.05, 3.63) is 24.3 Å². The molecule has 0 heterocycles. The van der Waals surface area contributed by atoms with Gasteiger partial charge in [-0.2, -0.15) is 0 Å². The van der Waals surface area contributed by atoms with Gasteiger partial charge in [0.1, 0.15) is 5.75 Å². The molecule has 4 heteroatoms. The molecule has 0 fully saturated rings. The summed E-state index contributed by atoms with van der Waals surface area (Å²) < 4.78 is 10.8. The fraction of sp³-hybridized carbons (Fsp3) is 0.571. The molecule has 0 amide bonds. The molecule has 1 aromatic carbocycles. The molecule has 2 N–H and O–H groups in total. The number of likely N-dealkylation sites (N-methyl/N-ethyl adjacent to an activating group) is 1. The average Bonchev–Trinajstić information content (AvgIpc) is 2.36. The highest BCUT2D eigenvalue weighted by Crippen LogP contribution is 2.19. The van der Waals surface area contributed by atoms with Gasteiger partial charge in [0, 0.05) is 19.7 Å². The highest BCUT2D eigenvalue weighted by Gasteiger charge is 2.08. The van der Waals surface area contributed by atoms with Crippen molar-refractivity contribution >= 4 is 5.69 Å². The van der Waals surface area contributed by atoms with Crippen LogP contribution in [-0.2, 0) is 4.74 Å². The first-order valence-electron chi connectivity index (χ1n) is 6.31. The lowest BCUT2D eigenvalue weighted by atomic mass is 10.3. The van der Waals surface area contributed by atoms with Crippen LogP contribution in [0.4, 0.5) is 5.69 Å². The van der Waals surface area contributed by atoms with E-state index in [4.69, 9.17) is 15.2 Å². The Morgan fingerprint density at radius 3 is 2.72 bits per heavy atom. The Balaban J connectivity index is 2.21. The highest BCUT2D eigenvalue weighted by atomic mass is 16.5. The van der Waals surface area contributed by atoms with E-state index in [-0.39, 0.29) is 0 Å². The number of benzene rings is 1. The van der Waals surface area contributed by atoms with Gasteiger partial charge in [0.05, 0.1) is 18.9 Å². The molecule has 0 radical (unpaired) electrons. The molecule has 102 valence electrons. The number of ether oxygens (including phenoxy) is 2. The minimum Gasteiger partial charge on any atom is -0.491 e. The molecule has 18 heavy (non-hydrogen) atoms. The fourth-order valence-electron chi connectivity index (χ4n) is 1.70. The van der Waals surface area contributed by atoms with E-state index < -0.39 is 0 Å². The van der Waals surface area contributed by atoms with Crippen molar-refractivity contribution in [1.82, 2.24) is 4.90 Å². The molecular formula is C14H24N2O2.